The lowest BCUT2D eigenvalue weighted by atomic mass is 10.1. The number of aryl methyl sites for hydroxylation is 1. The van der Waals surface area contributed by atoms with E-state index in [9.17, 15) is 13.5 Å². The third-order valence-electron chi connectivity index (χ3n) is 3.54. The van der Waals surface area contributed by atoms with Gasteiger partial charge in [0.25, 0.3) is 10.0 Å². The molecule has 1 heterocycles. The van der Waals surface area contributed by atoms with Crippen LogP contribution in [0.5, 0.6) is 11.5 Å². The van der Waals surface area contributed by atoms with Crippen LogP contribution in [0.1, 0.15) is 5.56 Å². The van der Waals surface area contributed by atoms with Crippen LogP contribution in [0.3, 0.4) is 0 Å². The second-order valence-electron chi connectivity index (χ2n) is 5.34. The minimum atomic E-state index is -3.70. The van der Waals surface area contributed by atoms with Crippen molar-refractivity contribution in [2.24, 2.45) is 0 Å². The minimum Gasteiger partial charge on any atom is -0.507 e. The van der Waals surface area contributed by atoms with E-state index in [-0.39, 0.29) is 15.8 Å². The number of nitrogens with zero attached hydrogens (tertiary/aromatic N) is 1. The largest absolute Gasteiger partial charge is 0.507 e. The third kappa shape index (κ3) is 3.75. The average molecular weight is 376 g/mol. The van der Waals surface area contributed by atoms with Crippen LogP contribution in [-0.4, -0.2) is 25.6 Å². The predicted octanol–water partition coefficient (Wildman–Crippen LogP) is 3.63. The molecule has 2 N–H and O–H groups in total. The SMILES string of the molecule is COc1ccc(-c2csc(NS(=O)(=O)c3ccc(C)cc3)n2)c(O)c1. The second-order valence-corrected chi connectivity index (χ2v) is 7.88. The van der Waals surface area contributed by atoms with Gasteiger partial charge in [0.05, 0.1) is 17.7 Å². The topological polar surface area (TPSA) is 88.5 Å². The summed E-state index contributed by atoms with van der Waals surface area (Å²) in [4.78, 5) is 4.42. The Hall–Kier alpha value is -2.58. The maximum Gasteiger partial charge on any atom is 0.263 e. The lowest BCUT2D eigenvalue weighted by molar-refractivity contribution is 0.408. The van der Waals surface area contributed by atoms with Crippen LogP contribution in [0.25, 0.3) is 11.3 Å². The number of nitrogens with one attached hydrogen (secondary N) is 1. The number of sulfonamides is 1. The first-order chi connectivity index (χ1) is 11.9. The quantitative estimate of drug-likeness (QED) is 0.710. The van der Waals surface area contributed by atoms with Crippen molar-refractivity contribution >= 4 is 26.5 Å². The molecule has 3 rings (SSSR count). The molecule has 8 heteroatoms. The highest BCUT2D eigenvalue weighted by atomic mass is 32.2. The average Bonchev–Trinajstić information content (AvgIpc) is 3.02. The first-order valence-electron chi connectivity index (χ1n) is 7.31. The number of thiazole rings is 1. The zero-order valence-electron chi connectivity index (χ0n) is 13.6. The van der Waals surface area contributed by atoms with Crippen molar-refractivity contribution in [1.29, 1.82) is 0 Å². The summed E-state index contributed by atoms with van der Waals surface area (Å²) in [5.41, 5.74) is 1.95. The van der Waals surface area contributed by atoms with Gasteiger partial charge in [-0.25, -0.2) is 13.4 Å². The maximum atomic E-state index is 12.4. The van der Waals surface area contributed by atoms with Crippen LogP contribution >= 0.6 is 11.3 Å². The standard InChI is InChI=1S/C17H16N2O4S2/c1-11-3-6-13(7-4-11)25(21,22)19-17-18-15(10-24-17)14-8-5-12(23-2)9-16(14)20/h3-10,20H,1-2H3,(H,18,19). The number of phenolic OH excluding ortho intramolecular Hbond substituents is 1. The number of aromatic nitrogens is 1. The fraction of sp³-hybridized carbons (Fsp3) is 0.118. The second kappa shape index (κ2) is 6.73. The summed E-state index contributed by atoms with van der Waals surface area (Å²) in [6.07, 6.45) is 0. The van der Waals surface area contributed by atoms with E-state index >= 15 is 0 Å². The molecule has 0 aliphatic carbocycles. The Morgan fingerprint density at radius 2 is 1.88 bits per heavy atom. The van der Waals surface area contributed by atoms with E-state index in [0.717, 1.165) is 16.9 Å². The van der Waals surface area contributed by atoms with Gasteiger partial charge in [0.15, 0.2) is 5.13 Å². The van der Waals surface area contributed by atoms with Crippen LogP contribution in [0.4, 0.5) is 5.13 Å². The van der Waals surface area contributed by atoms with E-state index < -0.39 is 10.0 Å². The first kappa shape index (κ1) is 17.2. The Kier molecular flexibility index (Phi) is 4.65. The Balaban J connectivity index is 1.85. The van der Waals surface area contributed by atoms with Gasteiger partial charge in [-0.05, 0) is 31.2 Å². The molecule has 25 heavy (non-hydrogen) atoms. The number of anilines is 1. The van der Waals surface area contributed by atoms with Crippen molar-refractivity contribution in [2.75, 3.05) is 11.8 Å². The van der Waals surface area contributed by atoms with Crippen molar-refractivity contribution in [3.05, 3.63) is 53.4 Å². The molecular weight excluding hydrogens is 360 g/mol. The van der Waals surface area contributed by atoms with Crippen LogP contribution in [0.2, 0.25) is 0 Å². The lowest BCUT2D eigenvalue weighted by Gasteiger charge is -2.06. The van der Waals surface area contributed by atoms with E-state index in [4.69, 9.17) is 4.74 Å². The van der Waals surface area contributed by atoms with Gasteiger partial charge in [0.1, 0.15) is 11.5 Å². The highest BCUT2D eigenvalue weighted by Gasteiger charge is 2.17. The molecule has 0 fully saturated rings. The molecule has 0 amide bonds. The number of methoxy groups -OCH3 is 1. The van der Waals surface area contributed by atoms with Gasteiger partial charge in [-0.3, -0.25) is 4.72 Å². The fourth-order valence-electron chi connectivity index (χ4n) is 2.19. The van der Waals surface area contributed by atoms with Crippen LogP contribution in [0.15, 0.2) is 52.7 Å². The summed E-state index contributed by atoms with van der Waals surface area (Å²) in [5, 5.41) is 12.0. The van der Waals surface area contributed by atoms with Crippen molar-refractivity contribution in [3.8, 4) is 22.8 Å². The molecular formula is C17H16N2O4S2. The normalized spacial score (nSPS) is 11.3. The van der Waals surface area contributed by atoms with Gasteiger partial charge in [-0.1, -0.05) is 17.7 Å². The van der Waals surface area contributed by atoms with Gasteiger partial charge in [-0.15, -0.1) is 11.3 Å². The van der Waals surface area contributed by atoms with Gasteiger partial charge in [-0.2, -0.15) is 0 Å². The van der Waals surface area contributed by atoms with E-state index in [1.54, 1.807) is 41.8 Å². The Labute approximate surface area is 149 Å². The molecule has 0 atom stereocenters. The number of ether oxygens (including phenoxy) is 1. The summed E-state index contributed by atoms with van der Waals surface area (Å²) in [5.74, 6) is 0.536. The van der Waals surface area contributed by atoms with Gasteiger partial charge in [0.2, 0.25) is 0 Å². The molecule has 0 spiro atoms. The summed E-state index contributed by atoms with van der Waals surface area (Å²) in [6.45, 7) is 1.89. The zero-order valence-corrected chi connectivity index (χ0v) is 15.2. The van der Waals surface area contributed by atoms with Crippen molar-refractivity contribution in [1.82, 2.24) is 4.98 Å². The van der Waals surface area contributed by atoms with Crippen LogP contribution < -0.4 is 9.46 Å². The van der Waals surface area contributed by atoms with Crippen LogP contribution in [0, 0.1) is 6.92 Å². The molecule has 2 aromatic carbocycles. The summed E-state index contributed by atoms with van der Waals surface area (Å²) in [7, 11) is -2.20. The minimum absolute atomic E-state index is 0.0117. The molecule has 1 aromatic heterocycles. The number of hydrogen-bond acceptors (Lipinski definition) is 6. The monoisotopic (exact) mass is 376 g/mol. The van der Waals surface area contributed by atoms with Crippen molar-refractivity contribution < 1.29 is 18.3 Å². The predicted molar refractivity (Wildman–Crippen MR) is 97.8 cm³/mol. The van der Waals surface area contributed by atoms with Gasteiger partial charge in [0, 0.05) is 17.0 Å². The Bertz CT molecular complexity index is 996. The van der Waals surface area contributed by atoms with Crippen molar-refractivity contribution in [2.45, 2.75) is 11.8 Å². The molecule has 3 aromatic rings. The molecule has 0 unspecified atom stereocenters. The molecule has 0 aliphatic heterocycles. The Morgan fingerprint density at radius 1 is 1.16 bits per heavy atom. The molecule has 0 bridgehead atoms. The molecule has 6 nitrogen and oxygen atoms in total. The summed E-state index contributed by atoms with van der Waals surface area (Å²) >= 11 is 1.14. The number of rotatable bonds is 5. The van der Waals surface area contributed by atoms with E-state index in [2.05, 4.69) is 9.71 Å². The molecule has 0 saturated carbocycles. The molecule has 0 radical (unpaired) electrons. The molecule has 130 valence electrons. The van der Waals surface area contributed by atoms with Crippen LogP contribution in [-0.2, 0) is 10.0 Å². The van der Waals surface area contributed by atoms with Gasteiger partial charge < -0.3 is 9.84 Å². The van der Waals surface area contributed by atoms with E-state index in [1.165, 1.54) is 13.2 Å². The number of hydrogen-bond donors (Lipinski definition) is 2. The summed E-state index contributed by atoms with van der Waals surface area (Å²) < 4.78 is 32.3. The smallest absolute Gasteiger partial charge is 0.263 e. The van der Waals surface area contributed by atoms with Gasteiger partial charge >= 0.3 is 0 Å². The third-order valence-corrected chi connectivity index (χ3v) is 5.78. The first-order valence-corrected chi connectivity index (χ1v) is 9.68. The summed E-state index contributed by atoms with van der Waals surface area (Å²) in [6, 6.07) is 11.4. The zero-order chi connectivity index (χ0) is 18.0. The van der Waals surface area contributed by atoms with E-state index in [0.29, 0.717) is 17.0 Å². The highest BCUT2D eigenvalue weighted by Crippen LogP contribution is 2.34. The number of benzene rings is 2. The van der Waals surface area contributed by atoms with Crippen molar-refractivity contribution in [3.63, 3.8) is 0 Å². The number of phenols is 1. The number of aromatic hydroxyl groups is 1. The molecule has 0 aliphatic rings. The highest BCUT2D eigenvalue weighted by molar-refractivity contribution is 7.93. The molecule has 0 saturated heterocycles. The maximum absolute atomic E-state index is 12.4. The fourth-order valence-corrected chi connectivity index (χ4v) is 4.15. The van der Waals surface area contributed by atoms with E-state index in [1.807, 2.05) is 6.92 Å². The Morgan fingerprint density at radius 3 is 2.52 bits per heavy atom. The lowest BCUT2D eigenvalue weighted by Crippen LogP contribution is -2.12.